The summed E-state index contributed by atoms with van der Waals surface area (Å²) in [7, 11) is 0. The number of morpholine rings is 1. The van der Waals surface area contributed by atoms with E-state index >= 15 is 0 Å². The lowest BCUT2D eigenvalue weighted by Crippen LogP contribution is -2.44. The molecule has 43 heavy (non-hydrogen) atoms. The number of halogens is 2. The van der Waals surface area contributed by atoms with Gasteiger partial charge in [-0.3, -0.25) is 18.9 Å². The van der Waals surface area contributed by atoms with Gasteiger partial charge in [0.2, 0.25) is 5.88 Å². The number of aryl methyl sites for hydroxylation is 1. The van der Waals surface area contributed by atoms with Crippen molar-refractivity contribution in [1.82, 2.24) is 29.7 Å². The summed E-state index contributed by atoms with van der Waals surface area (Å²) in [5.41, 5.74) is 3.51. The zero-order chi connectivity index (χ0) is 29.1. The molecule has 12 heteroatoms. The molecule has 1 saturated heterocycles. The molecule has 2 N–H and O–H groups in total. The largest absolute Gasteiger partial charge is 0.476 e. The van der Waals surface area contributed by atoms with Crippen molar-refractivity contribution in [1.29, 1.82) is 0 Å². The summed E-state index contributed by atoms with van der Waals surface area (Å²) in [5, 5.41) is 6.96. The van der Waals surface area contributed by atoms with Crippen molar-refractivity contribution < 1.29 is 14.3 Å². The first kappa shape index (κ1) is 31.0. The second-order valence-electron chi connectivity index (χ2n) is 11.1. The number of hydrogen-bond acceptors (Lipinski definition) is 7. The van der Waals surface area contributed by atoms with Crippen LogP contribution in [0.25, 0.3) is 16.7 Å². The summed E-state index contributed by atoms with van der Waals surface area (Å²) in [6.07, 6.45) is 6.76. The number of fused-ring (bicyclic) bond motifs is 1. The standard InChI is InChI=1S/C31H35ClN6O4.ClH/c1-20-26(14-22(32)15-34-20)30(39)36-23-8-6-21(7-9-23)17-37-27-4-2-3-5-28(27)38(31(37)40)25-10-11-29(35-16-25)42-19-24-18-41-13-12-33-24;/h2-5,10-11,14-16,21,23-24,33H,6-9,12-13,17-19H2,1H3,(H,36,39);1H. The number of nitrogens with zero attached hydrogens (tertiary/aromatic N) is 4. The van der Waals surface area contributed by atoms with E-state index in [1.165, 1.54) is 0 Å². The Kier molecular flexibility index (Phi) is 10.0. The molecule has 4 heterocycles. The first-order valence-electron chi connectivity index (χ1n) is 14.5. The highest BCUT2D eigenvalue weighted by Crippen LogP contribution is 2.28. The van der Waals surface area contributed by atoms with Crippen molar-refractivity contribution in [2.75, 3.05) is 26.4 Å². The van der Waals surface area contributed by atoms with Crippen LogP contribution in [0.15, 0.2) is 59.7 Å². The van der Waals surface area contributed by atoms with Crippen LogP contribution in [0.2, 0.25) is 5.02 Å². The molecule has 2 aliphatic rings. The summed E-state index contributed by atoms with van der Waals surface area (Å²) in [6.45, 7) is 5.04. The van der Waals surface area contributed by atoms with Crippen molar-refractivity contribution in [3.8, 4) is 11.6 Å². The van der Waals surface area contributed by atoms with E-state index in [1.807, 2.05) is 34.9 Å². The van der Waals surface area contributed by atoms with Crippen molar-refractivity contribution in [2.24, 2.45) is 5.92 Å². The van der Waals surface area contributed by atoms with Gasteiger partial charge < -0.3 is 20.1 Å². The van der Waals surface area contributed by atoms with Crippen LogP contribution in [0.5, 0.6) is 5.88 Å². The highest BCUT2D eigenvalue weighted by molar-refractivity contribution is 6.30. The molecule has 10 nitrogen and oxygen atoms in total. The molecule has 0 radical (unpaired) electrons. The topological polar surface area (TPSA) is 112 Å². The van der Waals surface area contributed by atoms with Crippen LogP contribution in [-0.4, -0.2) is 63.5 Å². The molecular weight excluding hydrogens is 591 g/mol. The van der Waals surface area contributed by atoms with E-state index < -0.39 is 0 Å². The van der Waals surface area contributed by atoms with Gasteiger partial charge in [0.1, 0.15) is 6.61 Å². The lowest BCUT2D eigenvalue weighted by atomic mass is 9.85. The van der Waals surface area contributed by atoms with Gasteiger partial charge in [-0.15, -0.1) is 12.4 Å². The quantitative estimate of drug-likeness (QED) is 0.299. The van der Waals surface area contributed by atoms with Gasteiger partial charge in [-0.2, -0.15) is 0 Å². The van der Waals surface area contributed by atoms with Gasteiger partial charge >= 0.3 is 5.69 Å². The molecular formula is C31H36Cl2N6O4. The fourth-order valence-corrected chi connectivity index (χ4v) is 6.04. The number of para-hydroxylation sites is 2. The van der Waals surface area contributed by atoms with Crippen molar-refractivity contribution in [2.45, 2.75) is 51.2 Å². The molecule has 228 valence electrons. The molecule has 1 atom stereocenters. The second kappa shape index (κ2) is 13.9. The molecule has 0 bridgehead atoms. The Morgan fingerprint density at radius 3 is 2.63 bits per heavy atom. The van der Waals surface area contributed by atoms with Crippen LogP contribution in [0, 0.1) is 12.8 Å². The highest BCUT2D eigenvalue weighted by atomic mass is 35.5. The number of rotatable bonds is 8. The van der Waals surface area contributed by atoms with Crippen LogP contribution < -0.4 is 21.1 Å². The first-order valence-corrected chi connectivity index (χ1v) is 14.9. The number of nitrogens with one attached hydrogen (secondary N) is 2. The summed E-state index contributed by atoms with van der Waals surface area (Å²) in [5.74, 6) is 0.694. The zero-order valence-corrected chi connectivity index (χ0v) is 25.6. The average Bonchev–Trinajstić information content (AvgIpc) is 3.29. The summed E-state index contributed by atoms with van der Waals surface area (Å²) in [6, 6.07) is 13.4. The van der Waals surface area contributed by atoms with E-state index in [-0.39, 0.29) is 36.1 Å². The SMILES string of the molecule is Cc1ncc(Cl)cc1C(=O)NC1CCC(Cn2c(=O)n(-c3ccc(OCC4COCCN4)nc3)c3ccccc32)CC1.Cl. The van der Waals surface area contributed by atoms with Gasteiger partial charge in [0, 0.05) is 31.4 Å². The Balaban J connectivity index is 0.00000368. The number of aromatic nitrogens is 4. The van der Waals surface area contributed by atoms with Crippen LogP contribution in [0.4, 0.5) is 0 Å². The van der Waals surface area contributed by atoms with E-state index in [2.05, 4.69) is 20.6 Å². The molecule has 0 spiro atoms. The maximum atomic E-state index is 13.8. The summed E-state index contributed by atoms with van der Waals surface area (Å²) in [4.78, 5) is 35.3. The van der Waals surface area contributed by atoms with Crippen LogP contribution in [-0.2, 0) is 11.3 Å². The number of carbonyl (C=O) groups excluding carboxylic acids is 1. The minimum atomic E-state index is -0.144. The summed E-state index contributed by atoms with van der Waals surface area (Å²) < 4.78 is 14.9. The molecule has 1 aliphatic carbocycles. The van der Waals surface area contributed by atoms with Gasteiger partial charge in [-0.1, -0.05) is 23.7 Å². The number of amides is 1. The number of ether oxygens (including phenoxy) is 2. The minimum absolute atomic E-state index is 0. The predicted molar refractivity (Wildman–Crippen MR) is 168 cm³/mol. The van der Waals surface area contributed by atoms with E-state index in [4.69, 9.17) is 21.1 Å². The fraction of sp³-hybridized carbons (Fsp3) is 0.419. The van der Waals surface area contributed by atoms with Gasteiger partial charge in [-0.05, 0) is 62.8 Å². The number of imidazole rings is 1. The predicted octanol–water partition coefficient (Wildman–Crippen LogP) is 4.32. The Morgan fingerprint density at radius 2 is 1.91 bits per heavy atom. The molecule has 1 amide bonds. The maximum Gasteiger partial charge on any atom is 0.333 e. The number of hydrogen-bond donors (Lipinski definition) is 2. The smallest absolute Gasteiger partial charge is 0.333 e. The Hall–Kier alpha value is -3.44. The van der Waals surface area contributed by atoms with Gasteiger partial charge in [0.15, 0.2) is 0 Å². The van der Waals surface area contributed by atoms with Gasteiger partial charge in [0.05, 0.1) is 58.5 Å². The lowest BCUT2D eigenvalue weighted by molar-refractivity contribution is 0.0585. The Morgan fingerprint density at radius 1 is 1.12 bits per heavy atom. The Labute approximate surface area is 261 Å². The van der Waals surface area contributed by atoms with E-state index in [1.54, 1.807) is 36.0 Å². The fourth-order valence-electron chi connectivity index (χ4n) is 5.89. The third kappa shape index (κ3) is 7.04. The third-order valence-corrected chi connectivity index (χ3v) is 8.37. The second-order valence-corrected chi connectivity index (χ2v) is 11.5. The van der Waals surface area contributed by atoms with Gasteiger partial charge in [0.25, 0.3) is 5.91 Å². The minimum Gasteiger partial charge on any atom is -0.476 e. The molecule has 2 fully saturated rings. The maximum absolute atomic E-state index is 13.8. The van der Waals surface area contributed by atoms with Crippen molar-refractivity contribution in [3.63, 3.8) is 0 Å². The molecule has 3 aromatic heterocycles. The summed E-state index contributed by atoms with van der Waals surface area (Å²) >= 11 is 6.05. The monoisotopic (exact) mass is 626 g/mol. The average molecular weight is 628 g/mol. The molecule has 1 aliphatic heterocycles. The van der Waals surface area contributed by atoms with Gasteiger partial charge in [-0.25, -0.2) is 9.78 Å². The van der Waals surface area contributed by atoms with Crippen molar-refractivity contribution in [3.05, 3.63) is 81.6 Å². The third-order valence-electron chi connectivity index (χ3n) is 8.17. The molecule has 6 rings (SSSR count). The molecule has 1 saturated carbocycles. The first-order chi connectivity index (χ1) is 20.5. The zero-order valence-electron chi connectivity index (χ0n) is 24.0. The molecule has 1 aromatic carbocycles. The number of benzene rings is 1. The van der Waals surface area contributed by atoms with Crippen LogP contribution >= 0.6 is 24.0 Å². The van der Waals surface area contributed by atoms with Crippen molar-refractivity contribution >= 4 is 40.9 Å². The van der Waals surface area contributed by atoms with E-state index in [9.17, 15) is 9.59 Å². The number of pyridine rings is 2. The Bertz CT molecular complexity index is 1610. The van der Waals surface area contributed by atoms with E-state index in [0.29, 0.717) is 60.1 Å². The van der Waals surface area contributed by atoms with E-state index in [0.717, 1.165) is 43.3 Å². The lowest BCUT2D eigenvalue weighted by Gasteiger charge is -2.29. The van der Waals surface area contributed by atoms with Crippen LogP contribution in [0.3, 0.4) is 0 Å². The van der Waals surface area contributed by atoms with Crippen LogP contribution in [0.1, 0.15) is 41.7 Å². The highest BCUT2D eigenvalue weighted by Gasteiger charge is 2.26. The normalized spacial score (nSPS) is 20.4. The molecule has 4 aromatic rings. The number of carbonyl (C=O) groups is 1. The molecule has 1 unspecified atom stereocenters.